The molecule has 2 heterocycles. The van der Waals surface area contributed by atoms with Gasteiger partial charge >= 0.3 is 0 Å². The first-order chi connectivity index (χ1) is 12.5. The summed E-state index contributed by atoms with van der Waals surface area (Å²) in [5.74, 6) is 0.833. The molecule has 0 saturated carbocycles. The molecule has 136 valence electrons. The van der Waals surface area contributed by atoms with Gasteiger partial charge in [0.2, 0.25) is 0 Å². The van der Waals surface area contributed by atoms with Gasteiger partial charge in [0.25, 0.3) is 11.1 Å². The van der Waals surface area contributed by atoms with Crippen molar-refractivity contribution in [1.29, 1.82) is 0 Å². The molecule has 0 aliphatic carbocycles. The molecule has 0 bridgehead atoms. The number of hydrogen-bond donors (Lipinski definition) is 0. The zero-order chi connectivity index (χ0) is 18.7. The van der Waals surface area contributed by atoms with Gasteiger partial charge in [0.15, 0.2) is 5.78 Å². The first-order valence-electron chi connectivity index (χ1n) is 8.57. The van der Waals surface area contributed by atoms with E-state index in [1.165, 1.54) is 28.7 Å². The van der Waals surface area contributed by atoms with Gasteiger partial charge in [-0.15, -0.1) is 21.5 Å². The number of aryl methyl sites for hydroxylation is 4. The van der Waals surface area contributed by atoms with Crippen LogP contribution in [0.1, 0.15) is 46.0 Å². The molecule has 0 spiro atoms. The summed E-state index contributed by atoms with van der Waals surface area (Å²) in [7, 11) is 0. The van der Waals surface area contributed by atoms with Crippen LogP contribution in [0, 0.1) is 13.8 Å². The van der Waals surface area contributed by atoms with Crippen LogP contribution in [0.3, 0.4) is 0 Å². The molecule has 2 aromatic heterocycles. The number of thioether (sulfide) groups is 1. The van der Waals surface area contributed by atoms with Gasteiger partial charge in [0, 0.05) is 5.56 Å². The molecule has 0 radical (unpaired) electrons. The number of Topliss-reactive ketones (excluding diaryl/α,β-unsaturated/α-hetero) is 1. The van der Waals surface area contributed by atoms with E-state index in [1.807, 2.05) is 19.9 Å². The van der Waals surface area contributed by atoms with Crippen LogP contribution in [-0.2, 0) is 12.8 Å². The van der Waals surface area contributed by atoms with E-state index in [2.05, 4.69) is 41.2 Å². The molecule has 0 saturated heterocycles. The van der Waals surface area contributed by atoms with Gasteiger partial charge in [-0.1, -0.05) is 37.7 Å². The van der Waals surface area contributed by atoms with Gasteiger partial charge in [-0.2, -0.15) is 0 Å². The molecule has 0 N–H and O–H groups in total. The van der Waals surface area contributed by atoms with E-state index < -0.39 is 0 Å². The van der Waals surface area contributed by atoms with Crippen molar-refractivity contribution < 1.29 is 9.21 Å². The van der Waals surface area contributed by atoms with Crippen LogP contribution in [0.2, 0.25) is 0 Å². The second-order valence-corrected chi connectivity index (χ2v) is 8.06. The van der Waals surface area contributed by atoms with Crippen molar-refractivity contribution in [3.63, 3.8) is 0 Å². The summed E-state index contributed by atoms with van der Waals surface area (Å²) < 4.78 is 5.71. The predicted octanol–water partition coefficient (Wildman–Crippen LogP) is 4.91. The average molecular weight is 388 g/mol. The lowest BCUT2D eigenvalue weighted by molar-refractivity contribution is 0.102. The van der Waals surface area contributed by atoms with Gasteiger partial charge in [-0.25, -0.2) is 4.98 Å². The fraction of sp³-hybridized carbons (Fsp3) is 0.368. The molecule has 26 heavy (non-hydrogen) atoms. The molecule has 0 atom stereocenters. The first kappa shape index (κ1) is 18.8. The number of thiazole rings is 1. The van der Waals surface area contributed by atoms with Gasteiger partial charge < -0.3 is 4.42 Å². The third-order valence-electron chi connectivity index (χ3n) is 4.09. The SMILES string of the molecule is CCc1ccc(CC)c(C(=O)CSc2nnc(-c3sc(C)nc3C)o2)c1. The summed E-state index contributed by atoms with van der Waals surface area (Å²) in [6, 6.07) is 6.15. The lowest BCUT2D eigenvalue weighted by Crippen LogP contribution is -2.07. The maximum atomic E-state index is 12.7. The molecule has 0 aliphatic heterocycles. The Morgan fingerprint density at radius 3 is 2.65 bits per heavy atom. The molecule has 3 aromatic rings. The maximum Gasteiger partial charge on any atom is 0.277 e. The number of rotatable bonds is 7. The smallest absolute Gasteiger partial charge is 0.277 e. The Morgan fingerprint density at radius 1 is 1.19 bits per heavy atom. The molecule has 0 aliphatic rings. The van der Waals surface area contributed by atoms with Crippen LogP contribution in [0.4, 0.5) is 0 Å². The van der Waals surface area contributed by atoms with Crippen molar-refractivity contribution in [3.05, 3.63) is 45.6 Å². The Labute approximate surface area is 161 Å². The van der Waals surface area contributed by atoms with Crippen LogP contribution in [0.25, 0.3) is 10.8 Å². The Balaban J connectivity index is 1.72. The highest BCUT2D eigenvalue weighted by Crippen LogP contribution is 2.30. The van der Waals surface area contributed by atoms with Crippen molar-refractivity contribution in [2.24, 2.45) is 0 Å². The molecule has 0 amide bonds. The van der Waals surface area contributed by atoms with E-state index in [-0.39, 0.29) is 11.5 Å². The third kappa shape index (κ3) is 4.04. The minimum absolute atomic E-state index is 0.0896. The minimum atomic E-state index is 0.0896. The summed E-state index contributed by atoms with van der Waals surface area (Å²) in [6.07, 6.45) is 1.75. The Bertz CT molecular complexity index is 931. The molecular weight excluding hydrogens is 366 g/mol. The standard InChI is InChI=1S/C19H21N3O2S2/c1-5-13-7-8-14(6-2)15(9-13)16(23)10-25-19-22-21-18(24-19)17-11(3)20-12(4)26-17/h7-9H,5-6,10H2,1-4H3. The van der Waals surface area contributed by atoms with E-state index >= 15 is 0 Å². The summed E-state index contributed by atoms with van der Waals surface area (Å²) in [5, 5.41) is 9.52. The molecule has 0 unspecified atom stereocenters. The number of benzene rings is 1. The topological polar surface area (TPSA) is 68.9 Å². The Morgan fingerprint density at radius 2 is 2.00 bits per heavy atom. The van der Waals surface area contributed by atoms with Crippen LogP contribution >= 0.6 is 23.1 Å². The molecule has 1 aromatic carbocycles. The zero-order valence-electron chi connectivity index (χ0n) is 15.3. The van der Waals surface area contributed by atoms with E-state index in [4.69, 9.17) is 4.42 Å². The van der Waals surface area contributed by atoms with Gasteiger partial charge in [0.05, 0.1) is 16.5 Å². The quantitative estimate of drug-likeness (QED) is 0.424. The van der Waals surface area contributed by atoms with E-state index in [0.717, 1.165) is 39.5 Å². The number of aromatic nitrogens is 3. The molecule has 5 nitrogen and oxygen atoms in total. The number of ketones is 1. The number of carbonyl (C=O) groups is 1. The van der Waals surface area contributed by atoms with Crippen LogP contribution in [0.15, 0.2) is 27.8 Å². The molecular formula is C19H21N3O2S2. The van der Waals surface area contributed by atoms with E-state index in [1.54, 1.807) is 0 Å². The number of nitrogens with zero attached hydrogens (tertiary/aromatic N) is 3. The highest BCUT2D eigenvalue weighted by atomic mass is 32.2. The normalized spacial score (nSPS) is 11.1. The van der Waals surface area contributed by atoms with E-state index in [9.17, 15) is 4.79 Å². The maximum absolute atomic E-state index is 12.7. The Kier molecular flexibility index (Phi) is 5.88. The molecule has 0 fully saturated rings. The highest BCUT2D eigenvalue weighted by Gasteiger charge is 2.17. The summed E-state index contributed by atoms with van der Waals surface area (Å²) in [5.41, 5.74) is 3.93. The molecule has 3 rings (SSSR count). The van der Waals surface area contributed by atoms with E-state index in [0.29, 0.717) is 11.1 Å². The third-order valence-corrected chi connectivity index (χ3v) is 5.97. The average Bonchev–Trinajstić information content (AvgIpc) is 3.24. The van der Waals surface area contributed by atoms with Crippen LogP contribution in [0.5, 0.6) is 0 Å². The summed E-state index contributed by atoms with van der Waals surface area (Å²) >= 11 is 2.81. The van der Waals surface area contributed by atoms with Gasteiger partial charge in [0.1, 0.15) is 4.88 Å². The van der Waals surface area contributed by atoms with Crippen LogP contribution in [-0.4, -0.2) is 26.7 Å². The lowest BCUT2D eigenvalue weighted by Gasteiger charge is -2.08. The lowest BCUT2D eigenvalue weighted by atomic mass is 9.98. The van der Waals surface area contributed by atoms with Crippen molar-refractivity contribution in [1.82, 2.24) is 15.2 Å². The van der Waals surface area contributed by atoms with Crippen molar-refractivity contribution in [3.8, 4) is 10.8 Å². The monoisotopic (exact) mass is 387 g/mol. The fourth-order valence-corrected chi connectivity index (χ4v) is 4.19. The van der Waals surface area contributed by atoms with Crippen molar-refractivity contribution >= 4 is 28.9 Å². The first-order valence-corrected chi connectivity index (χ1v) is 10.4. The van der Waals surface area contributed by atoms with Crippen molar-refractivity contribution in [2.75, 3.05) is 5.75 Å². The number of hydrogen-bond acceptors (Lipinski definition) is 7. The highest BCUT2D eigenvalue weighted by molar-refractivity contribution is 7.99. The second kappa shape index (κ2) is 8.14. The second-order valence-electron chi connectivity index (χ2n) is 5.93. The minimum Gasteiger partial charge on any atom is -0.410 e. The summed E-state index contributed by atoms with van der Waals surface area (Å²) in [4.78, 5) is 17.9. The zero-order valence-corrected chi connectivity index (χ0v) is 17.0. The van der Waals surface area contributed by atoms with Gasteiger partial charge in [-0.3, -0.25) is 4.79 Å². The predicted molar refractivity (Wildman–Crippen MR) is 105 cm³/mol. The Hall–Kier alpha value is -1.99. The molecule has 7 heteroatoms. The van der Waals surface area contributed by atoms with Crippen LogP contribution < -0.4 is 0 Å². The number of carbonyl (C=O) groups excluding carboxylic acids is 1. The van der Waals surface area contributed by atoms with Crippen molar-refractivity contribution in [2.45, 2.75) is 45.8 Å². The largest absolute Gasteiger partial charge is 0.410 e. The summed E-state index contributed by atoms with van der Waals surface area (Å²) in [6.45, 7) is 8.02. The van der Waals surface area contributed by atoms with Gasteiger partial charge in [-0.05, 0) is 43.9 Å². The fourth-order valence-electron chi connectivity index (χ4n) is 2.71.